The SMILES string of the molecule is COc1cc(-c2nnc3c4c5c(sc4ncn23)CCC(C)C5)cc(OC)c1OC. The molecule has 8 heteroatoms. The maximum atomic E-state index is 5.50. The van der Waals surface area contributed by atoms with Gasteiger partial charge in [-0.2, -0.15) is 0 Å². The average Bonchev–Trinajstić information content (AvgIpc) is 3.33. The van der Waals surface area contributed by atoms with E-state index in [4.69, 9.17) is 19.2 Å². The molecule has 0 aliphatic heterocycles. The van der Waals surface area contributed by atoms with Crippen molar-refractivity contribution in [3.8, 4) is 28.6 Å². The van der Waals surface area contributed by atoms with E-state index in [2.05, 4.69) is 17.1 Å². The summed E-state index contributed by atoms with van der Waals surface area (Å²) in [5, 5.41) is 10.2. The van der Waals surface area contributed by atoms with Crippen molar-refractivity contribution in [3.63, 3.8) is 0 Å². The quantitative estimate of drug-likeness (QED) is 0.503. The fraction of sp³-hybridized carbons (Fsp3) is 0.381. The van der Waals surface area contributed by atoms with E-state index in [0.717, 1.165) is 34.3 Å². The number of fused-ring (bicyclic) bond motifs is 5. The zero-order valence-corrected chi connectivity index (χ0v) is 17.7. The Kier molecular flexibility index (Phi) is 4.31. The van der Waals surface area contributed by atoms with E-state index in [9.17, 15) is 0 Å². The zero-order valence-electron chi connectivity index (χ0n) is 16.9. The number of rotatable bonds is 4. The number of hydrogen-bond acceptors (Lipinski definition) is 7. The Hall–Kier alpha value is -2.87. The molecular weight excluding hydrogens is 388 g/mol. The van der Waals surface area contributed by atoms with Crippen LogP contribution in [0.5, 0.6) is 17.2 Å². The van der Waals surface area contributed by atoms with Gasteiger partial charge in [-0.1, -0.05) is 6.92 Å². The number of ether oxygens (including phenoxy) is 3. The highest BCUT2D eigenvalue weighted by Gasteiger charge is 2.25. The van der Waals surface area contributed by atoms with Crippen molar-refractivity contribution in [2.75, 3.05) is 21.3 Å². The molecule has 7 nitrogen and oxygen atoms in total. The van der Waals surface area contributed by atoms with Crippen LogP contribution in [0.2, 0.25) is 0 Å². The zero-order chi connectivity index (χ0) is 20.1. The Morgan fingerprint density at radius 1 is 1.07 bits per heavy atom. The molecule has 150 valence electrons. The molecule has 1 aromatic carbocycles. The summed E-state index contributed by atoms with van der Waals surface area (Å²) in [6.07, 6.45) is 5.24. The molecule has 0 spiro atoms. The Balaban J connectivity index is 1.73. The molecule has 3 heterocycles. The number of methoxy groups -OCH3 is 3. The van der Waals surface area contributed by atoms with Gasteiger partial charge < -0.3 is 14.2 Å². The summed E-state index contributed by atoms with van der Waals surface area (Å²) in [5.74, 6) is 3.08. The van der Waals surface area contributed by atoms with Gasteiger partial charge in [0.15, 0.2) is 23.0 Å². The van der Waals surface area contributed by atoms with Crippen LogP contribution in [0.25, 0.3) is 27.3 Å². The van der Waals surface area contributed by atoms with Crippen LogP contribution in [0.15, 0.2) is 18.5 Å². The van der Waals surface area contributed by atoms with Gasteiger partial charge in [-0.05, 0) is 42.9 Å². The lowest BCUT2D eigenvalue weighted by Gasteiger charge is -2.17. The van der Waals surface area contributed by atoms with Gasteiger partial charge in [-0.3, -0.25) is 4.40 Å². The third-order valence-electron chi connectivity index (χ3n) is 5.62. The Morgan fingerprint density at radius 3 is 2.52 bits per heavy atom. The molecule has 1 atom stereocenters. The van der Waals surface area contributed by atoms with Gasteiger partial charge in [0.25, 0.3) is 0 Å². The van der Waals surface area contributed by atoms with E-state index >= 15 is 0 Å². The van der Waals surface area contributed by atoms with Crippen LogP contribution in [-0.2, 0) is 12.8 Å². The number of thiophene rings is 1. The first kappa shape index (κ1) is 18.2. The minimum absolute atomic E-state index is 0.550. The van der Waals surface area contributed by atoms with Crippen molar-refractivity contribution < 1.29 is 14.2 Å². The lowest BCUT2D eigenvalue weighted by molar-refractivity contribution is 0.324. The molecule has 1 unspecified atom stereocenters. The summed E-state index contributed by atoms with van der Waals surface area (Å²) in [6.45, 7) is 2.31. The highest BCUT2D eigenvalue weighted by molar-refractivity contribution is 7.19. The molecule has 0 radical (unpaired) electrons. The van der Waals surface area contributed by atoms with Crippen molar-refractivity contribution in [2.45, 2.75) is 26.2 Å². The molecular formula is C21H22N4O3S. The minimum Gasteiger partial charge on any atom is -0.493 e. The summed E-state index contributed by atoms with van der Waals surface area (Å²) in [5.41, 5.74) is 3.07. The van der Waals surface area contributed by atoms with E-state index in [1.165, 1.54) is 16.9 Å². The maximum Gasteiger partial charge on any atom is 0.203 e. The van der Waals surface area contributed by atoms with Crippen LogP contribution in [0, 0.1) is 5.92 Å². The molecule has 0 amide bonds. The molecule has 0 N–H and O–H groups in total. The standard InChI is InChI=1S/C21H22N4O3S/c1-11-5-6-16-13(7-11)17-20-24-23-19(25(20)10-22-21(17)29-16)12-8-14(26-2)18(28-4)15(9-12)27-3/h8-11H,5-7H2,1-4H3. The lowest BCUT2D eigenvalue weighted by atomic mass is 9.89. The monoisotopic (exact) mass is 410 g/mol. The predicted octanol–water partition coefficient (Wildman–Crippen LogP) is 4.16. The molecule has 4 aromatic rings. The third kappa shape index (κ3) is 2.73. The normalized spacial score (nSPS) is 16.2. The molecule has 0 saturated carbocycles. The second-order valence-electron chi connectivity index (χ2n) is 7.41. The van der Waals surface area contributed by atoms with Gasteiger partial charge >= 0.3 is 0 Å². The fourth-order valence-corrected chi connectivity index (χ4v) is 5.33. The van der Waals surface area contributed by atoms with Crippen LogP contribution in [0.1, 0.15) is 23.8 Å². The Bertz CT molecular complexity index is 1200. The van der Waals surface area contributed by atoms with Gasteiger partial charge in [0.05, 0.1) is 26.7 Å². The molecule has 1 aliphatic rings. The number of benzene rings is 1. The first-order chi connectivity index (χ1) is 14.1. The Morgan fingerprint density at radius 2 is 1.83 bits per heavy atom. The van der Waals surface area contributed by atoms with Gasteiger partial charge in [0.1, 0.15) is 11.2 Å². The number of aryl methyl sites for hydroxylation is 1. The smallest absolute Gasteiger partial charge is 0.203 e. The first-order valence-electron chi connectivity index (χ1n) is 9.59. The maximum absolute atomic E-state index is 5.50. The molecule has 3 aromatic heterocycles. The van der Waals surface area contributed by atoms with Crippen LogP contribution >= 0.6 is 11.3 Å². The fourth-order valence-electron chi connectivity index (χ4n) is 4.15. The van der Waals surface area contributed by atoms with Gasteiger partial charge in [-0.15, -0.1) is 21.5 Å². The van der Waals surface area contributed by atoms with Crippen LogP contribution in [0.4, 0.5) is 0 Å². The van der Waals surface area contributed by atoms with Crippen molar-refractivity contribution in [3.05, 3.63) is 28.9 Å². The minimum atomic E-state index is 0.550. The van der Waals surface area contributed by atoms with E-state index in [0.29, 0.717) is 29.0 Å². The summed E-state index contributed by atoms with van der Waals surface area (Å²) >= 11 is 1.79. The lowest BCUT2D eigenvalue weighted by Crippen LogP contribution is -2.09. The average molecular weight is 410 g/mol. The molecule has 1 aliphatic carbocycles. The Labute approximate surface area is 172 Å². The molecule has 5 rings (SSSR count). The summed E-state index contributed by atoms with van der Waals surface area (Å²) < 4.78 is 18.4. The van der Waals surface area contributed by atoms with Crippen LogP contribution < -0.4 is 14.2 Å². The van der Waals surface area contributed by atoms with Gasteiger partial charge in [0.2, 0.25) is 5.75 Å². The van der Waals surface area contributed by atoms with Crippen LogP contribution in [0.3, 0.4) is 0 Å². The summed E-state index contributed by atoms with van der Waals surface area (Å²) in [7, 11) is 4.80. The molecule has 0 bridgehead atoms. The van der Waals surface area contributed by atoms with E-state index in [1.54, 1.807) is 32.7 Å². The van der Waals surface area contributed by atoms with Crippen molar-refractivity contribution >= 4 is 27.2 Å². The second-order valence-corrected chi connectivity index (χ2v) is 8.49. The summed E-state index contributed by atoms with van der Waals surface area (Å²) in [4.78, 5) is 7.21. The number of nitrogens with zero attached hydrogens (tertiary/aromatic N) is 4. The highest BCUT2D eigenvalue weighted by Crippen LogP contribution is 2.42. The van der Waals surface area contributed by atoms with E-state index < -0.39 is 0 Å². The van der Waals surface area contributed by atoms with Crippen LogP contribution in [-0.4, -0.2) is 40.9 Å². The largest absolute Gasteiger partial charge is 0.493 e. The van der Waals surface area contributed by atoms with Gasteiger partial charge in [-0.25, -0.2) is 4.98 Å². The van der Waals surface area contributed by atoms with Crippen molar-refractivity contribution in [1.29, 1.82) is 0 Å². The third-order valence-corrected chi connectivity index (χ3v) is 6.82. The van der Waals surface area contributed by atoms with Crippen molar-refractivity contribution in [1.82, 2.24) is 19.6 Å². The first-order valence-corrected chi connectivity index (χ1v) is 10.4. The molecule has 29 heavy (non-hydrogen) atoms. The van der Waals surface area contributed by atoms with Crippen molar-refractivity contribution in [2.24, 2.45) is 5.92 Å². The highest BCUT2D eigenvalue weighted by atomic mass is 32.1. The predicted molar refractivity (Wildman–Crippen MR) is 112 cm³/mol. The van der Waals surface area contributed by atoms with E-state index in [-0.39, 0.29) is 0 Å². The number of aromatic nitrogens is 4. The second kappa shape index (κ2) is 6.88. The summed E-state index contributed by atoms with van der Waals surface area (Å²) in [6, 6.07) is 3.76. The topological polar surface area (TPSA) is 70.8 Å². The van der Waals surface area contributed by atoms with E-state index in [1.807, 2.05) is 22.9 Å². The molecule has 0 saturated heterocycles. The molecule has 0 fully saturated rings. The van der Waals surface area contributed by atoms with Gasteiger partial charge in [0, 0.05) is 10.4 Å². The number of hydrogen-bond donors (Lipinski definition) is 0.